The predicted octanol–water partition coefficient (Wildman–Crippen LogP) is 0.766. The van der Waals surface area contributed by atoms with Gasteiger partial charge in [-0.25, -0.2) is 0 Å². The average molecular weight is 376 g/mol. The molecule has 27 heavy (non-hydrogen) atoms. The van der Waals surface area contributed by atoms with Gasteiger partial charge in [-0.05, 0) is 44.8 Å². The number of aromatic nitrogens is 2. The molecule has 0 aliphatic carbocycles. The van der Waals surface area contributed by atoms with Crippen LogP contribution in [0.1, 0.15) is 26.2 Å². The second kappa shape index (κ2) is 9.21. The first kappa shape index (κ1) is 19.7. The van der Waals surface area contributed by atoms with Gasteiger partial charge < -0.3 is 20.0 Å². The lowest BCUT2D eigenvalue weighted by Crippen LogP contribution is -2.56. The van der Waals surface area contributed by atoms with Crippen molar-refractivity contribution in [2.45, 2.75) is 26.2 Å². The summed E-state index contributed by atoms with van der Waals surface area (Å²) in [5.74, 6) is 1.61. The number of amides is 1. The summed E-state index contributed by atoms with van der Waals surface area (Å²) in [4.78, 5) is 23.4. The van der Waals surface area contributed by atoms with Gasteiger partial charge in [-0.1, -0.05) is 6.92 Å². The number of aliphatic imine (C=N–C) groups is 1. The molecule has 0 spiro atoms. The largest absolute Gasteiger partial charge is 0.356 e. The van der Waals surface area contributed by atoms with Crippen LogP contribution in [0.3, 0.4) is 0 Å². The third-order valence-electron chi connectivity index (χ3n) is 5.53. The van der Waals surface area contributed by atoms with Crippen LogP contribution in [0.25, 0.3) is 0 Å². The highest BCUT2D eigenvalue weighted by atomic mass is 16.2. The van der Waals surface area contributed by atoms with E-state index in [4.69, 9.17) is 0 Å². The van der Waals surface area contributed by atoms with Crippen LogP contribution in [0.15, 0.2) is 17.4 Å². The van der Waals surface area contributed by atoms with Crippen LogP contribution in [0.5, 0.6) is 0 Å². The van der Waals surface area contributed by atoms with Crippen molar-refractivity contribution in [2.75, 3.05) is 57.8 Å². The Morgan fingerprint density at radius 1 is 1.30 bits per heavy atom. The molecule has 150 valence electrons. The van der Waals surface area contributed by atoms with Crippen molar-refractivity contribution in [3.8, 4) is 0 Å². The fourth-order valence-corrected chi connectivity index (χ4v) is 3.97. The first-order valence-corrected chi connectivity index (χ1v) is 10.1. The molecule has 8 heteroatoms. The Morgan fingerprint density at radius 2 is 2.07 bits per heavy atom. The molecule has 0 unspecified atom stereocenters. The van der Waals surface area contributed by atoms with Crippen LogP contribution in [-0.4, -0.2) is 84.3 Å². The number of nitrogens with one attached hydrogen (secondary N) is 1. The summed E-state index contributed by atoms with van der Waals surface area (Å²) in [6.07, 6.45) is 7.32. The molecule has 2 aliphatic rings. The van der Waals surface area contributed by atoms with Gasteiger partial charge in [0.15, 0.2) is 5.96 Å². The number of rotatable bonds is 5. The first-order chi connectivity index (χ1) is 13.1. The number of guanidine groups is 1. The fraction of sp³-hybridized carbons (Fsp3) is 0.737. The normalized spacial score (nSPS) is 20.4. The molecule has 8 nitrogen and oxygen atoms in total. The molecule has 2 aliphatic heterocycles. The summed E-state index contributed by atoms with van der Waals surface area (Å²) >= 11 is 0. The highest BCUT2D eigenvalue weighted by Crippen LogP contribution is 2.18. The third kappa shape index (κ3) is 5.00. The van der Waals surface area contributed by atoms with E-state index in [-0.39, 0.29) is 5.91 Å². The molecule has 2 fully saturated rings. The van der Waals surface area contributed by atoms with Gasteiger partial charge in [0.2, 0.25) is 5.91 Å². The Kier molecular flexibility index (Phi) is 6.71. The standard InChI is InChI=1S/C19H33N7O/c1-4-7-24-8-5-16(6-9-24)12-21-19(20-2)25-10-11-26(18(27)15-25)17-13-22-23(3)14-17/h13-14,16H,4-12,15H2,1-3H3,(H,20,21). The van der Waals surface area contributed by atoms with Crippen molar-refractivity contribution >= 4 is 17.6 Å². The molecular formula is C19H33N7O. The van der Waals surface area contributed by atoms with E-state index in [1.807, 2.05) is 13.2 Å². The predicted molar refractivity (Wildman–Crippen MR) is 108 cm³/mol. The minimum absolute atomic E-state index is 0.0880. The summed E-state index contributed by atoms with van der Waals surface area (Å²) in [6.45, 7) is 8.56. The molecule has 1 N–H and O–H groups in total. The lowest BCUT2D eigenvalue weighted by molar-refractivity contribution is -0.120. The van der Waals surface area contributed by atoms with Crippen LogP contribution in [0, 0.1) is 5.92 Å². The van der Waals surface area contributed by atoms with Gasteiger partial charge in [0, 0.05) is 39.9 Å². The maximum Gasteiger partial charge on any atom is 0.246 e. The maximum absolute atomic E-state index is 12.6. The smallest absolute Gasteiger partial charge is 0.246 e. The number of piperazine rings is 1. The lowest BCUT2D eigenvalue weighted by Gasteiger charge is -2.36. The van der Waals surface area contributed by atoms with Crippen molar-refractivity contribution in [3.05, 3.63) is 12.4 Å². The number of hydrogen-bond donors (Lipinski definition) is 1. The maximum atomic E-state index is 12.6. The zero-order chi connectivity index (χ0) is 19.2. The molecule has 0 radical (unpaired) electrons. The van der Waals surface area contributed by atoms with E-state index < -0.39 is 0 Å². The van der Waals surface area contributed by atoms with Crippen molar-refractivity contribution in [1.29, 1.82) is 0 Å². The molecular weight excluding hydrogens is 342 g/mol. The van der Waals surface area contributed by atoms with E-state index in [2.05, 4.69) is 32.1 Å². The van der Waals surface area contributed by atoms with Crippen LogP contribution in [-0.2, 0) is 11.8 Å². The topological polar surface area (TPSA) is 69.0 Å². The Hall–Kier alpha value is -2.09. The van der Waals surface area contributed by atoms with Crippen LogP contribution in [0.2, 0.25) is 0 Å². The minimum atomic E-state index is 0.0880. The Labute approximate surface area is 162 Å². The summed E-state index contributed by atoms with van der Waals surface area (Å²) in [7, 11) is 3.66. The van der Waals surface area contributed by atoms with Crippen molar-refractivity contribution in [2.24, 2.45) is 18.0 Å². The zero-order valence-electron chi connectivity index (χ0n) is 16.9. The van der Waals surface area contributed by atoms with Crippen molar-refractivity contribution in [1.82, 2.24) is 24.9 Å². The van der Waals surface area contributed by atoms with Gasteiger partial charge in [-0.3, -0.25) is 14.5 Å². The van der Waals surface area contributed by atoms with Crippen molar-refractivity contribution in [3.63, 3.8) is 0 Å². The zero-order valence-corrected chi connectivity index (χ0v) is 16.9. The molecule has 1 aromatic rings. The summed E-state index contributed by atoms with van der Waals surface area (Å²) in [5, 5.41) is 7.67. The first-order valence-electron chi connectivity index (χ1n) is 10.1. The van der Waals surface area contributed by atoms with Gasteiger partial charge in [0.05, 0.1) is 11.9 Å². The number of anilines is 1. The van der Waals surface area contributed by atoms with Crippen molar-refractivity contribution < 1.29 is 4.79 Å². The van der Waals surface area contributed by atoms with Crippen LogP contribution in [0.4, 0.5) is 5.69 Å². The van der Waals surface area contributed by atoms with E-state index in [9.17, 15) is 4.79 Å². The average Bonchev–Trinajstić information content (AvgIpc) is 3.10. The highest BCUT2D eigenvalue weighted by molar-refractivity contribution is 5.98. The number of nitrogens with zero attached hydrogens (tertiary/aromatic N) is 6. The molecule has 0 aromatic carbocycles. The molecule has 1 aromatic heterocycles. The SMILES string of the molecule is CCCN1CCC(CNC(=NC)N2CCN(c3cnn(C)c3)C(=O)C2)CC1. The second-order valence-corrected chi connectivity index (χ2v) is 7.55. The molecule has 0 saturated carbocycles. The quantitative estimate of drug-likeness (QED) is 0.608. The Bertz CT molecular complexity index is 648. The van der Waals surface area contributed by atoms with E-state index in [1.165, 1.54) is 38.9 Å². The van der Waals surface area contributed by atoms with Gasteiger partial charge in [-0.2, -0.15) is 5.10 Å². The number of likely N-dealkylation sites (tertiary alicyclic amines) is 1. The minimum Gasteiger partial charge on any atom is -0.356 e. The van der Waals surface area contributed by atoms with E-state index >= 15 is 0 Å². The molecule has 0 atom stereocenters. The second-order valence-electron chi connectivity index (χ2n) is 7.55. The number of piperidine rings is 1. The third-order valence-corrected chi connectivity index (χ3v) is 5.53. The van der Waals surface area contributed by atoms with E-state index in [0.29, 0.717) is 19.0 Å². The number of aryl methyl sites for hydroxylation is 1. The van der Waals surface area contributed by atoms with Crippen LogP contribution >= 0.6 is 0 Å². The Morgan fingerprint density at radius 3 is 2.67 bits per heavy atom. The summed E-state index contributed by atoms with van der Waals surface area (Å²) in [6, 6.07) is 0. The summed E-state index contributed by atoms with van der Waals surface area (Å²) < 4.78 is 1.72. The fourth-order valence-electron chi connectivity index (χ4n) is 3.97. The van der Waals surface area contributed by atoms with E-state index in [0.717, 1.165) is 24.7 Å². The number of carbonyl (C=O) groups excluding carboxylic acids is 1. The molecule has 3 heterocycles. The number of carbonyl (C=O) groups is 1. The van der Waals surface area contributed by atoms with Crippen LogP contribution < -0.4 is 10.2 Å². The molecule has 3 rings (SSSR count). The monoisotopic (exact) mass is 375 g/mol. The Balaban J connectivity index is 1.47. The molecule has 0 bridgehead atoms. The van der Waals surface area contributed by atoms with Gasteiger partial charge in [0.25, 0.3) is 0 Å². The lowest BCUT2D eigenvalue weighted by atomic mass is 9.97. The van der Waals surface area contributed by atoms with Gasteiger partial charge in [0.1, 0.15) is 6.54 Å². The summed E-state index contributed by atoms with van der Waals surface area (Å²) in [5.41, 5.74) is 0.865. The highest BCUT2D eigenvalue weighted by Gasteiger charge is 2.28. The molecule has 2 saturated heterocycles. The molecule has 1 amide bonds. The number of hydrogen-bond acceptors (Lipinski definition) is 4. The van der Waals surface area contributed by atoms with Gasteiger partial charge in [-0.15, -0.1) is 0 Å². The van der Waals surface area contributed by atoms with Gasteiger partial charge >= 0.3 is 0 Å². The van der Waals surface area contributed by atoms with E-state index in [1.54, 1.807) is 22.8 Å².